The zero-order valence-electron chi connectivity index (χ0n) is 12.3. The number of nitrogens with zero attached hydrogens (tertiary/aromatic N) is 1. The molecule has 0 amide bonds. The zero-order chi connectivity index (χ0) is 15.5. The van der Waals surface area contributed by atoms with Gasteiger partial charge in [-0.05, 0) is 24.6 Å². The molecule has 4 nitrogen and oxygen atoms in total. The number of hydrogen-bond donors (Lipinski definition) is 2. The number of aromatic amines is 1. The molecule has 1 heterocycles. The maximum Gasteiger partial charge on any atom is 0.251 e. The van der Waals surface area contributed by atoms with E-state index >= 15 is 0 Å². The molecule has 4 heteroatoms. The summed E-state index contributed by atoms with van der Waals surface area (Å²) in [6, 6.07) is 17.0. The Morgan fingerprint density at radius 2 is 1.91 bits per heavy atom. The van der Waals surface area contributed by atoms with Gasteiger partial charge in [0.05, 0.1) is 5.69 Å². The van der Waals surface area contributed by atoms with Gasteiger partial charge in [-0.2, -0.15) is 0 Å². The third-order valence-electron chi connectivity index (χ3n) is 3.43. The van der Waals surface area contributed by atoms with Crippen molar-refractivity contribution in [2.75, 3.05) is 5.73 Å². The van der Waals surface area contributed by atoms with Crippen molar-refractivity contribution >= 4 is 5.69 Å². The fourth-order valence-electron chi connectivity index (χ4n) is 2.45. The molecule has 0 saturated heterocycles. The van der Waals surface area contributed by atoms with Crippen LogP contribution in [0.3, 0.4) is 0 Å². The van der Waals surface area contributed by atoms with Gasteiger partial charge in [-0.25, -0.2) is 4.98 Å². The lowest BCUT2D eigenvalue weighted by molar-refractivity contribution is 0.949. The first-order valence-corrected chi connectivity index (χ1v) is 7.12. The predicted octanol–water partition coefficient (Wildman–Crippen LogP) is 2.92. The second-order valence-electron chi connectivity index (χ2n) is 5.37. The molecule has 0 atom stereocenters. The number of H-pyrrole nitrogens is 1. The SMILES string of the molecule is Cc1cccc(Cc2nc(-c3cccc(N)c3)cc(=O)[nH]2)c1. The van der Waals surface area contributed by atoms with Crippen molar-refractivity contribution in [1.82, 2.24) is 9.97 Å². The van der Waals surface area contributed by atoms with Crippen molar-refractivity contribution in [1.29, 1.82) is 0 Å². The van der Waals surface area contributed by atoms with Gasteiger partial charge in [-0.3, -0.25) is 4.79 Å². The van der Waals surface area contributed by atoms with Crippen molar-refractivity contribution < 1.29 is 0 Å². The maximum atomic E-state index is 11.9. The number of rotatable bonds is 3. The molecule has 2 aromatic carbocycles. The molecule has 0 aliphatic rings. The van der Waals surface area contributed by atoms with Crippen LogP contribution >= 0.6 is 0 Å². The summed E-state index contributed by atoms with van der Waals surface area (Å²) >= 11 is 0. The Labute approximate surface area is 128 Å². The van der Waals surface area contributed by atoms with E-state index in [1.165, 1.54) is 11.6 Å². The summed E-state index contributed by atoms with van der Waals surface area (Å²) in [6.45, 7) is 2.04. The summed E-state index contributed by atoms with van der Waals surface area (Å²) in [6.07, 6.45) is 0.590. The molecule has 0 saturated carbocycles. The number of nitrogens with two attached hydrogens (primary N) is 1. The molecule has 0 fully saturated rings. The van der Waals surface area contributed by atoms with E-state index in [0.29, 0.717) is 23.6 Å². The molecule has 110 valence electrons. The third-order valence-corrected chi connectivity index (χ3v) is 3.43. The highest BCUT2D eigenvalue weighted by Crippen LogP contribution is 2.18. The van der Waals surface area contributed by atoms with Crippen molar-refractivity contribution in [2.24, 2.45) is 0 Å². The largest absolute Gasteiger partial charge is 0.399 e. The minimum atomic E-state index is -0.157. The lowest BCUT2D eigenvalue weighted by Gasteiger charge is -2.06. The van der Waals surface area contributed by atoms with Crippen LogP contribution in [0.4, 0.5) is 5.69 Å². The van der Waals surface area contributed by atoms with Gasteiger partial charge in [-0.15, -0.1) is 0 Å². The molecular weight excluding hydrogens is 274 g/mol. The molecule has 0 unspecified atom stereocenters. The van der Waals surface area contributed by atoms with Gasteiger partial charge in [0.25, 0.3) is 5.56 Å². The van der Waals surface area contributed by atoms with E-state index in [2.05, 4.69) is 16.0 Å². The number of benzene rings is 2. The zero-order valence-corrected chi connectivity index (χ0v) is 12.3. The predicted molar refractivity (Wildman–Crippen MR) is 88.7 cm³/mol. The van der Waals surface area contributed by atoms with Crippen LogP contribution in [0.1, 0.15) is 17.0 Å². The van der Waals surface area contributed by atoms with Crippen LogP contribution in [0.5, 0.6) is 0 Å². The van der Waals surface area contributed by atoms with Gasteiger partial charge in [0, 0.05) is 23.7 Å². The molecule has 0 spiro atoms. The Morgan fingerprint density at radius 3 is 2.68 bits per heavy atom. The van der Waals surface area contributed by atoms with Crippen molar-refractivity contribution in [3.63, 3.8) is 0 Å². The summed E-state index contributed by atoms with van der Waals surface area (Å²) in [5.74, 6) is 0.649. The van der Waals surface area contributed by atoms with Crippen molar-refractivity contribution in [2.45, 2.75) is 13.3 Å². The molecule has 22 heavy (non-hydrogen) atoms. The van der Waals surface area contributed by atoms with Crippen LogP contribution in [0.15, 0.2) is 59.4 Å². The van der Waals surface area contributed by atoms with E-state index < -0.39 is 0 Å². The lowest BCUT2D eigenvalue weighted by atomic mass is 10.1. The van der Waals surface area contributed by atoms with Gasteiger partial charge in [0.1, 0.15) is 5.82 Å². The standard InChI is InChI=1S/C18H17N3O/c1-12-4-2-5-13(8-12)9-17-20-16(11-18(22)21-17)14-6-3-7-15(19)10-14/h2-8,10-11H,9,19H2,1H3,(H,20,21,22). The van der Waals surface area contributed by atoms with E-state index in [9.17, 15) is 4.79 Å². The van der Waals surface area contributed by atoms with Crippen LogP contribution in [0.25, 0.3) is 11.3 Å². The second kappa shape index (κ2) is 5.85. The first kappa shape index (κ1) is 14.1. The van der Waals surface area contributed by atoms with E-state index in [4.69, 9.17) is 5.73 Å². The molecule has 3 rings (SSSR count). The molecule has 0 aliphatic carbocycles. The Hall–Kier alpha value is -2.88. The molecule has 3 N–H and O–H groups in total. The monoisotopic (exact) mass is 291 g/mol. The molecule has 1 aromatic heterocycles. The smallest absolute Gasteiger partial charge is 0.251 e. The first-order valence-electron chi connectivity index (χ1n) is 7.12. The molecule has 0 aliphatic heterocycles. The minimum Gasteiger partial charge on any atom is -0.399 e. The Bertz CT molecular complexity index is 868. The highest BCUT2D eigenvalue weighted by Gasteiger charge is 2.06. The van der Waals surface area contributed by atoms with E-state index in [1.807, 2.05) is 49.4 Å². The number of aromatic nitrogens is 2. The molecule has 0 bridgehead atoms. The lowest BCUT2D eigenvalue weighted by Crippen LogP contribution is -2.11. The Balaban J connectivity index is 1.98. The van der Waals surface area contributed by atoms with Gasteiger partial charge >= 0.3 is 0 Å². The summed E-state index contributed by atoms with van der Waals surface area (Å²) in [4.78, 5) is 19.3. The van der Waals surface area contributed by atoms with Gasteiger partial charge < -0.3 is 10.7 Å². The quantitative estimate of drug-likeness (QED) is 0.729. The van der Waals surface area contributed by atoms with Crippen molar-refractivity contribution in [3.05, 3.63) is 81.9 Å². The second-order valence-corrected chi connectivity index (χ2v) is 5.37. The van der Waals surface area contributed by atoms with Crippen LogP contribution in [-0.2, 0) is 6.42 Å². The summed E-state index contributed by atoms with van der Waals surface area (Å²) in [7, 11) is 0. The number of anilines is 1. The number of nitrogens with one attached hydrogen (secondary N) is 1. The van der Waals surface area contributed by atoms with Crippen molar-refractivity contribution in [3.8, 4) is 11.3 Å². The van der Waals surface area contributed by atoms with Gasteiger partial charge in [0.2, 0.25) is 0 Å². The van der Waals surface area contributed by atoms with Crippen LogP contribution in [0, 0.1) is 6.92 Å². The fraction of sp³-hybridized carbons (Fsp3) is 0.111. The molecule has 3 aromatic rings. The highest BCUT2D eigenvalue weighted by atomic mass is 16.1. The normalized spacial score (nSPS) is 10.6. The van der Waals surface area contributed by atoms with E-state index in [0.717, 1.165) is 11.1 Å². The summed E-state index contributed by atoms with van der Waals surface area (Å²) < 4.78 is 0. The van der Waals surface area contributed by atoms with Crippen LogP contribution in [0.2, 0.25) is 0 Å². The number of aryl methyl sites for hydroxylation is 1. The Kier molecular flexibility index (Phi) is 3.74. The fourth-order valence-corrected chi connectivity index (χ4v) is 2.45. The molecule has 0 radical (unpaired) electrons. The Morgan fingerprint density at radius 1 is 1.09 bits per heavy atom. The summed E-state index contributed by atoms with van der Waals surface area (Å²) in [5.41, 5.74) is 10.1. The summed E-state index contributed by atoms with van der Waals surface area (Å²) in [5, 5.41) is 0. The maximum absolute atomic E-state index is 11.9. The average molecular weight is 291 g/mol. The van der Waals surface area contributed by atoms with Gasteiger partial charge in [0.15, 0.2) is 0 Å². The third kappa shape index (κ3) is 3.23. The highest BCUT2D eigenvalue weighted by molar-refractivity contribution is 5.63. The minimum absolute atomic E-state index is 0.157. The number of hydrogen-bond acceptors (Lipinski definition) is 3. The van der Waals surface area contributed by atoms with Crippen LogP contribution in [-0.4, -0.2) is 9.97 Å². The van der Waals surface area contributed by atoms with E-state index in [1.54, 1.807) is 0 Å². The number of nitrogen functional groups attached to an aromatic ring is 1. The van der Waals surface area contributed by atoms with Crippen LogP contribution < -0.4 is 11.3 Å². The van der Waals surface area contributed by atoms with E-state index in [-0.39, 0.29) is 5.56 Å². The topological polar surface area (TPSA) is 71.8 Å². The average Bonchev–Trinajstić information content (AvgIpc) is 2.46. The molecular formula is C18H17N3O. The van der Waals surface area contributed by atoms with Gasteiger partial charge in [-0.1, -0.05) is 42.0 Å². The first-order chi connectivity index (χ1) is 10.6.